The number of halogens is 1. The molecule has 1 saturated heterocycles. The fourth-order valence-corrected chi connectivity index (χ4v) is 7.11. The van der Waals surface area contributed by atoms with Gasteiger partial charge in [-0.3, -0.25) is 4.79 Å². The Hall–Kier alpha value is -2.18. The predicted molar refractivity (Wildman–Crippen MR) is 135 cm³/mol. The van der Waals surface area contributed by atoms with Gasteiger partial charge in [-0.1, -0.05) is 23.7 Å². The van der Waals surface area contributed by atoms with E-state index >= 15 is 0 Å². The Morgan fingerprint density at radius 3 is 2.57 bits per heavy atom. The summed E-state index contributed by atoms with van der Waals surface area (Å²) in [6, 6.07) is 7.78. The van der Waals surface area contributed by atoms with E-state index in [9.17, 15) is 23.1 Å². The third-order valence-electron chi connectivity index (χ3n) is 5.61. The SMILES string of the molecule is CN(C)CCCOc1ccc(C[C@H](NC(=O)[C@@H]2CCCN2S(=O)(=O)c2ccc(Cl)s2)C(=O)O)cc1. The summed E-state index contributed by atoms with van der Waals surface area (Å²) < 4.78 is 33.2. The summed E-state index contributed by atoms with van der Waals surface area (Å²) in [6.07, 6.45) is 1.76. The zero-order valence-electron chi connectivity index (χ0n) is 19.6. The van der Waals surface area contributed by atoms with Crippen molar-refractivity contribution in [3.63, 3.8) is 0 Å². The quantitative estimate of drug-likeness (QED) is 0.395. The van der Waals surface area contributed by atoms with E-state index < -0.39 is 34.0 Å². The van der Waals surface area contributed by atoms with Crippen LogP contribution in [0.1, 0.15) is 24.8 Å². The fourth-order valence-electron chi connectivity index (χ4n) is 3.84. The standard InChI is InChI=1S/C23H30ClN3O6S2/c1-26(2)12-4-14-33-17-8-6-16(7-9-17)15-18(23(29)30)25-22(28)19-5-3-13-27(19)35(31,32)21-11-10-20(24)34-21/h6-11,18-19H,3-5,12-15H2,1-2H3,(H,25,28)(H,29,30)/t18-,19-/m0/s1. The lowest BCUT2D eigenvalue weighted by atomic mass is 10.1. The number of amides is 1. The molecule has 2 aromatic rings. The van der Waals surface area contributed by atoms with Crippen molar-refractivity contribution < 1.29 is 27.9 Å². The van der Waals surface area contributed by atoms with Gasteiger partial charge in [0.05, 0.1) is 10.9 Å². The van der Waals surface area contributed by atoms with E-state index in [0.29, 0.717) is 35.1 Å². The first-order chi connectivity index (χ1) is 16.6. The number of aliphatic carboxylic acids is 1. The van der Waals surface area contributed by atoms with Crippen LogP contribution in [0, 0.1) is 0 Å². The number of ether oxygens (including phenoxy) is 1. The Morgan fingerprint density at radius 1 is 1.26 bits per heavy atom. The normalized spacial score (nSPS) is 17.4. The van der Waals surface area contributed by atoms with Gasteiger partial charge in [0.15, 0.2) is 0 Å². The van der Waals surface area contributed by atoms with Gasteiger partial charge >= 0.3 is 5.97 Å². The van der Waals surface area contributed by atoms with E-state index in [0.717, 1.165) is 28.6 Å². The van der Waals surface area contributed by atoms with Crippen LogP contribution >= 0.6 is 22.9 Å². The molecular weight excluding hydrogens is 514 g/mol. The molecule has 12 heteroatoms. The maximum absolute atomic E-state index is 13.0. The van der Waals surface area contributed by atoms with Crippen molar-refractivity contribution in [2.24, 2.45) is 0 Å². The molecule has 1 fully saturated rings. The lowest BCUT2D eigenvalue weighted by molar-refractivity contribution is -0.142. The number of hydrogen-bond acceptors (Lipinski definition) is 7. The number of nitrogens with zero attached hydrogens (tertiary/aromatic N) is 2. The van der Waals surface area contributed by atoms with Crippen molar-refractivity contribution >= 4 is 44.8 Å². The Morgan fingerprint density at radius 2 is 1.97 bits per heavy atom. The molecule has 2 heterocycles. The topological polar surface area (TPSA) is 116 Å². The highest BCUT2D eigenvalue weighted by Gasteiger charge is 2.41. The first-order valence-electron chi connectivity index (χ1n) is 11.2. The Bertz CT molecular complexity index is 1120. The maximum Gasteiger partial charge on any atom is 0.326 e. The number of benzene rings is 1. The molecule has 3 rings (SSSR count). The van der Waals surface area contributed by atoms with Crippen LogP contribution in [0.5, 0.6) is 5.75 Å². The van der Waals surface area contributed by atoms with Gasteiger partial charge in [0, 0.05) is 19.5 Å². The van der Waals surface area contributed by atoms with Gasteiger partial charge in [0.1, 0.15) is 22.0 Å². The van der Waals surface area contributed by atoms with E-state index in [1.807, 2.05) is 14.1 Å². The minimum absolute atomic E-state index is 0.0565. The van der Waals surface area contributed by atoms with Crippen LogP contribution in [-0.2, 0) is 26.0 Å². The molecule has 0 radical (unpaired) electrons. The van der Waals surface area contributed by atoms with Crippen molar-refractivity contribution in [3.8, 4) is 5.75 Å². The lowest BCUT2D eigenvalue weighted by Crippen LogP contribution is -2.51. The average molecular weight is 544 g/mol. The van der Waals surface area contributed by atoms with Gasteiger partial charge in [-0.05, 0) is 63.2 Å². The third-order valence-corrected chi connectivity index (χ3v) is 9.22. The summed E-state index contributed by atoms with van der Waals surface area (Å²) in [5.41, 5.74) is 0.711. The molecule has 1 aliphatic rings. The third kappa shape index (κ3) is 7.40. The first kappa shape index (κ1) is 27.4. The number of carboxylic acids is 1. The number of carboxylic acid groups (broad SMARTS) is 1. The molecule has 0 spiro atoms. The van der Waals surface area contributed by atoms with Crippen molar-refractivity contribution in [2.75, 3.05) is 33.8 Å². The highest BCUT2D eigenvalue weighted by Crippen LogP contribution is 2.32. The monoisotopic (exact) mass is 543 g/mol. The van der Waals surface area contributed by atoms with Crippen molar-refractivity contribution in [3.05, 3.63) is 46.3 Å². The molecule has 9 nitrogen and oxygen atoms in total. The summed E-state index contributed by atoms with van der Waals surface area (Å²) in [4.78, 5) is 26.9. The molecule has 2 atom stereocenters. The summed E-state index contributed by atoms with van der Waals surface area (Å²) in [5, 5.41) is 12.2. The largest absolute Gasteiger partial charge is 0.494 e. The van der Waals surface area contributed by atoms with Crippen molar-refractivity contribution in [1.82, 2.24) is 14.5 Å². The van der Waals surface area contributed by atoms with Gasteiger partial charge in [-0.2, -0.15) is 4.31 Å². The molecule has 0 saturated carbocycles. The zero-order valence-corrected chi connectivity index (χ0v) is 22.0. The number of hydrogen-bond donors (Lipinski definition) is 2. The van der Waals surface area contributed by atoms with Crippen LogP contribution in [-0.4, -0.2) is 80.5 Å². The van der Waals surface area contributed by atoms with Crippen LogP contribution in [0.2, 0.25) is 4.34 Å². The zero-order chi connectivity index (χ0) is 25.6. The molecule has 35 heavy (non-hydrogen) atoms. The van der Waals surface area contributed by atoms with Crippen LogP contribution in [0.25, 0.3) is 0 Å². The van der Waals surface area contributed by atoms with Gasteiger partial charge in [0.25, 0.3) is 10.0 Å². The van der Waals surface area contributed by atoms with Crippen LogP contribution < -0.4 is 10.1 Å². The molecule has 2 N–H and O–H groups in total. The van der Waals surface area contributed by atoms with Crippen LogP contribution in [0.15, 0.2) is 40.6 Å². The number of carbonyl (C=O) groups excluding carboxylic acids is 1. The number of thiophene rings is 1. The summed E-state index contributed by atoms with van der Waals surface area (Å²) in [6.45, 7) is 1.67. The van der Waals surface area contributed by atoms with E-state index in [-0.39, 0.29) is 17.2 Å². The van der Waals surface area contributed by atoms with E-state index in [1.54, 1.807) is 24.3 Å². The van der Waals surface area contributed by atoms with Crippen molar-refractivity contribution in [1.29, 1.82) is 0 Å². The van der Waals surface area contributed by atoms with Gasteiger partial charge < -0.3 is 20.1 Å². The molecule has 1 amide bonds. The highest BCUT2D eigenvalue weighted by atomic mass is 35.5. The van der Waals surface area contributed by atoms with Gasteiger partial charge in [-0.25, -0.2) is 13.2 Å². The Labute approximate surface area is 214 Å². The second-order valence-electron chi connectivity index (χ2n) is 8.59. The fraction of sp³-hybridized carbons (Fsp3) is 0.478. The molecular formula is C23H30ClN3O6S2. The minimum Gasteiger partial charge on any atom is -0.494 e. The summed E-state index contributed by atoms with van der Waals surface area (Å²) in [7, 11) is 0.0870. The number of nitrogens with one attached hydrogen (secondary N) is 1. The maximum atomic E-state index is 13.0. The van der Waals surface area contributed by atoms with Gasteiger partial charge in [0.2, 0.25) is 5.91 Å². The second kappa shape index (κ2) is 12.2. The predicted octanol–water partition coefficient (Wildman–Crippen LogP) is 2.70. The highest BCUT2D eigenvalue weighted by molar-refractivity contribution is 7.91. The van der Waals surface area contributed by atoms with Crippen LogP contribution in [0.4, 0.5) is 0 Å². The Kier molecular flexibility index (Phi) is 9.54. The molecule has 1 aromatic heterocycles. The van der Waals surface area contributed by atoms with Gasteiger partial charge in [-0.15, -0.1) is 11.3 Å². The molecule has 192 valence electrons. The van der Waals surface area contributed by atoms with Crippen LogP contribution in [0.3, 0.4) is 0 Å². The van der Waals surface area contributed by atoms with E-state index in [4.69, 9.17) is 16.3 Å². The molecule has 0 bridgehead atoms. The smallest absolute Gasteiger partial charge is 0.326 e. The average Bonchev–Trinajstić information content (AvgIpc) is 3.47. The second-order valence-corrected chi connectivity index (χ2v) is 12.4. The summed E-state index contributed by atoms with van der Waals surface area (Å²) >= 11 is 6.81. The first-order valence-corrected chi connectivity index (χ1v) is 13.9. The number of rotatable bonds is 12. The van der Waals surface area contributed by atoms with Crippen molar-refractivity contribution in [2.45, 2.75) is 42.0 Å². The lowest BCUT2D eigenvalue weighted by Gasteiger charge is -2.24. The number of carbonyl (C=O) groups is 2. The molecule has 0 unspecified atom stereocenters. The number of sulfonamides is 1. The van der Waals surface area contributed by atoms with E-state index in [1.165, 1.54) is 12.1 Å². The minimum atomic E-state index is -3.90. The summed E-state index contributed by atoms with van der Waals surface area (Å²) in [5.74, 6) is -1.13. The Balaban J connectivity index is 1.61. The molecule has 0 aliphatic carbocycles. The van der Waals surface area contributed by atoms with E-state index in [2.05, 4.69) is 10.2 Å². The molecule has 1 aliphatic heterocycles. The molecule has 1 aromatic carbocycles.